The molecule has 9 heteroatoms. The molecule has 0 atom stereocenters. The molecular formula is C11H12BrN3O2S3. The van der Waals surface area contributed by atoms with E-state index in [4.69, 9.17) is 5.73 Å². The number of thioether (sulfide) groups is 1. The molecule has 0 aliphatic rings. The Labute approximate surface area is 134 Å². The number of halogens is 1. The van der Waals surface area contributed by atoms with Crippen LogP contribution in [0, 0.1) is 0 Å². The van der Waals surface area contributed by atoms with Crippen molar-refractivity contribution in [3.8, 4) is 0 Å². The predicted octanol–water partition coefficient (Wildman–Crippen LogP) is 3.02. The first-order valence-electron chi connectivity index (χ1n) is 5.55. The molecule has 0 spiro atoms. The van der Waals surface area contributed by atoms with Crippen LogP contribution in [0.2, 0.25) is 0 Å². The number of anilines is 2. The molecule has 0 bridgehead atoms. The van der Waals surface area contributed by atoms with Gasteiger partial charge in [0.15, 0.2) is 5.13 Å². The van der Waals surface area contributed by atoms with Crippen LogP contribution in [0.3, 0.4) is 0 Å². The average Bonchev–Trinajstić information content (AvgIpc) is 2.76. The zero-order valence-electron chi connectivity index (χ0n) is 10.2. The zero-order chi connectivity index (χ0) is 14.6. The van der Waals surface area contributed by atoms with Crippen LogP contribution in [-0.4, -0.2) is 24.9 Å². The summed E-state index contributed by atoms with van der Waals surface area (Å²) in [5.41, 5.74) is 6.46. The number of nitrogen functional groups attached to an aromatic ring is 1. The molecule has 3 N–H and O–H groups in total. The smallest absolute Gasteiger partial charge is 0.235 e. The van der Waals surface area contributed by atoms with Crippen molar-refractivity contribution in [3.05, 3.63) is 34.2 Å². The van der Waals surface area contributed by atoms with Gasteiger partial charge in [-0.3, -0.25) is 4.72 Å². The van der Waals surface area contributed by atoms with Crippen LogP contribution >= 0.6 is 39.0 Å². The van der Waals surface area contributed by atoms with Crippen molar-refractivity contribution >= 4 is 59.9 Å². The lowest BCUT2D eigenvalue weighted by Gasteiger charge is -2.06. The lowest BCUT2D eigenvalue weighted by molar-refractivity contribution is 0.602. The van der Waals surface area contributed by atoms with Crippen LogP contribution < -0.4 is 10.5 Å². The van der Waals surface area contributed by atoms with Crippen LogP contribution in [-0.2, 0) is 10.0 Å². The average molecular weight is 394 g/mol. The van der Waals surface area contributed by atoms with Crippen molar-refractivity contribution in [2.75, 3.05) is 22.0 Å². The second-order valence-electron chi connectivity index (χ2n) is 3.78. The highest BCUT2D eigenvalue weighted by atomic mass is 79.9. The van der Waals surface area contributed by atoms with E-state index in [2.05, 4.69) is 25.6 Å². The van der Waals surface area contributed by atoms with Gasteiger partial charge in [0, 0.05) is 16.3 Å². The van der Waals surface area contributed by atoms with Gasteiger partial charge < -0.3 is 5.73 Å². The molecule has 1 aromatic heterocycles. The highest BCUT2D eigenvalue weighted by Crippen LogP contribution is 2.26. The summed E-state index contributed by atoms with van der Waals surface area (Å²) >= 11 is 5.89. The van der Waals surface area contributed by atoms with Gasteiger partial charge in [0.2, 0.25) is 10.0 Å². The molecule has 0 fully saturated rings. The van der Waals surface area contributed by atoms with Crippen LogP contribution in [0.4, 0.5) is 10.8 Å². The molecule has 0 saturated carbocycles. The van der Waals surface area contributed by atoms with Gasteiger partial charge in [-0.05, 0) is 28.1 Å². The van der Waals surface area contributed by atoms with E-state index >= 15 is 0 Å². The van der Waals surface area contributed by atoms with Gasteiger partial charge >= 0.3 is 0 Å². The quantitative estimate of drug-likeness (QED) is 0.581. The minimum absolute atomic E-state index is 0.00317. The number of nitrogens with two attached hydrogens (primary N) is 1. The summed E-state index contributed by atoms with van der Waals surface area (Å²) in [6.07, 6.45) is 1.56. The third-order valence-electron chi connectivity index (χ3n) is 2.25. The number of hydrogen-bond donors (Lipinski definition) is 2. The molecule has 1 heterocycles. The van der Waals surface area contributed by atoms with Gasteiger partial charge in [-0.2, -0.15) is 0 Å². The van der Waals surface area contributed by atoms with E-state index in [1.165, 1.54) is 23.1 Å². The highest BCUT2D eigenvalue weighted by molar-refractivity contribution is 9.11. The summed E-state index contributed by atoms with van der Waals surface area (Å²) < 4.78 is 27.0. The van der Waals surface area contributed by atoms with Crippen molar-refractivity contribution in [2.24, 2.45) is 0 Å². The Kier molecular flexibility index (Phi) is 5.30. The molecular weight excluding hydrogens is 382 g/mol. The fourth-order valence-electron chi connectivity index (χ4n) is 1.36. The number of nitrogens with zero attached hydrogens (tertiary/aromatic N) is 1. The monoisotopic (exact) mass is 393 g/mol. The van der Waals surface area contributed by atoms with Crippen LogP contribution in [0.25, 0.3) is 0 Å². The van der Waals surface area contributed by atoms with Gasteiger partial charge in [0.25, 0.3) is 0 Å². The molecule has 0 radical (unpaired) electrons. The third-order valence-corrected chi connectivity index (χ3v) is 6.37. The predicted molar refractivity (Wildman–Crippen MR) is 88.8 cm³/mol. The van der Waals surface area contributed by atoms with E-state index in [0.29, 0.717) is 16.6 Å². The van der Waals surface area contributed by atoms with Crippen LogP contribution in [0.5, 0.6) is 0 Å². The second-order valence-corrected chi connectivity index (χ2v) is 9.17. The summed E-state index contributed by atoms with van der Waals surface area (Å²) in [4.78, 5) is 4.82. The number of thiazole rings is 1. The fourth-order valence-corrected chi connectivity index (χ4v) is 5.13. The van der Waals surface area contributed by atoms with E-state index < -0.39 is 10.0 Å². The summed E-state index contributed by atoms with van der Waals surface area (Å²) in [6.45, 7) is 0. The highest BCUT2D eigenvalue weighted by Gasteiger charge is 2.13. The molecule has 0 amide bonds. The molecule has 0 aliphatic heterocycles. The normalized spacial score (nSPS) is 11.4. The SMILES string of the molecule is Nc1ccccc1SCCS(=O)(=O)Nc1ncc(Br)s1. The standard InChI is InChI=1S/C11H12BrN3O2S3/c12-10-7-14-11(19-10)15-20(16,17)6-5-18-9-4-2-1-3-8(9)13/h1-4,7H,5-6,13H2,(H,14,15). The van der Waals surface area contributed by atoms with Crippen LogP contribution in [0.15, 0.2) is 39.1 Å². The number of hydrogen-bond acceptors (Lipinski definition) is 6. The van der Waals surface area contributed by atoms with E-state index in [9.17, 15) is 8.42 Å². The number of nitrogens with one attached hydrogen (secondary N) is 1. The Morgan fingerprint density at radius 2 is 2.15 bits per heavy atom. The number of rotatable bonds is 6. The van der Waals surface area contributed by atoms with E-state index in [1.54, 1.807) is 12.3 Å². The molecule has 2 rings (SSSR count). The Hall–Kier alpha value is -0.770. The summed E-state index contributed by atoms with van der Waals surface area (Å²) in [5, 5.41) is 0.362. The molecule has 0 saturated heterocycles. The molecule has 108 valence electrons. The lowest BCUT2D eigenvalue weighted by atomic mass is 10.3. The maximum Gasteiger partial charge on any atom is 0.235 e. The van der Waals surface area contributed by atoms with E-state index in [0.717, 1.165) is 8.68 Å². The maximum atomic E-state index is 11.9. The minimum Gasteiger partial charge on any atom is -0.398 e. The number of sulfonamides is 1. The Morgan fingerprint density at radius 3 is 2.80 bits per heavy atom. The number of aromatic nitrogens is 1. The summed E-state index contributed by atoms with van der Waals surface area (Å²) in [5.74, 6) is 0.430. The van der Waals surface area contributed by atoms with Gasteiger partial charge in [-0.1, -0.05) is 23.5 Å². The molecule has 1 aromatic carbocycles. The molecule has 20 heavy (non-hydrogen) atoms. The summed E-state index contributed by atoms with van der Waals surface area (Å²) in [6, 6.07) is 7.39. The molecule has 0 unspecified atom stereocenters. The van der Waals surface area contributed by atoms with Gasteiger partial charge in [-0.25, -0.2) is 13.4 Å². The fraction of sp³-hybridized carbons (Fsp3) is 0.182. The molecule has 2 aromatic rings. The molecule has 0 aliphatic carbocycles. The number of para-hydroxylation sites is 1. The van der Waals surface area contributed by atoms with E-state index in [1.807, 2.05) is 18.2 Å². The topological polar surface area (TPSA) is 85.1 Å². The zero-order valence-corrected chi connectivity index (χ0v) is 14.3. The van der Waals surface area contributed by atoms with Crippen LogP contribution in [0.1, 0.15) is 0 Å². The lowest BCUT2D eigenvalue weighted by Crippen LogP contribution is -2.18. The summed E-state index contributed by atoms with van der Waals surface area (Å²) in [7, 11) is -3.39. The first kappa shape index (κ1) is 15.6. The Balaban J connectivity index is 1.88. The first-order valence-corrected chi connectivity index (χ1v) is 9.80. The Bertz CT molecular complexity index is 688. The van der Waals surface area contributed by atoms with Gasteiger partial charge in [0.05, 0.1) is 15.7 Å². The van der Waals surface area contributed by atoms with Gasteiger partial charge in [0.1, 0.15) is 0 Å². The second kappa shape index (κ2) is 6.79. The largest absolute Gasteiger partial charge is 0.398 e. The maximum absolute atomic E-state index is 11.9. The van der Waals surface area contributed by atoms with E-state index in [-0.39, 0.29) is 5.75 Å². The number of benzene rings is 1. The van der Waals surface area contributed by atoms with Crippen molar-refractivity contribution in [2.45, 2.75) is 4.90 Å². The van der Waals surface area contributed by atoms with Gasteiger partial charge in [-0.15, -0.1) is 11.8 Å². The van der Waals surface area contributed by atoms with Crippen molar-refractivity contribution in [1.29, 1.82) is 0 Å². The van der Waals surface area contributed by atoms with Crippen molar-refractivity contribution in [1.82, 2.24) is 4.98 Å². The van der Waals surface area contributed by atoms with Crippen molar-refractivity contribution in [3.63, 3.8) is 0 Å². The Morgan fingerprint density at radius 1 is 1.40 bits per heavy atom. The molecule has 5 nitrogen and oxygen atoms in total. The first-order chi connectivity index (χ1) is 9.46. The third kappa shape index (κ3) is 4.65. The van der Waals surface area contributed by atoms with Crippen molar-refractivity contribution < 1.29 is 8.42 Å². The minimum atomic E-state index is -3.39.